The summed E-state index contributed by atoms with van der Waals surface area (Å²) in [5.74, 6) is 0. The molecule has 0 aromatic carbocycles. The lowest BCUT2D eigenvalue weighted by Gasteiger charge is -2.01. The summed E-state index contributed by atoms with van der Waals surface area (Å²) in [6, 6.07) is 3.86. The third-order valence-electron chi connectivity index (χ3n) is 1.26. The van der Waals surface area contributed by atoms with E-state index in [1.165, 1.54) is 0 Å². The van der Waals surface area contributed by atoms with E-state index < -0.39 is 0 Å². The zero-order valence-electron chi connectivity index (χ0n) is 6.16. The molecule has 5 heteroatoms. The van der Waals surface area contributed by atoms with Gasteiger partial charge in [0.2, 0.25) is 0 Å². The van der Waals surface area contributed by atoms with Crippen LogP contribution in [-0.4, -0.2) is 0 Å². The molecular formula is C7H8BrClN2S. The van der Waals surface area contributed by atoms with Crippen molar-refractivity contribution in [1.29, 1.82) is 5.26 Å². The summed E-state index contributed by atoms with van der Waals surface area (Å²) in [5, 5.41) is 10.3. The van der Waals surface area contributed by atoms with Crippen LogP contribution in [0, 0.1) is 11.3 Å². The molecule has 2 N–H and O–H groups in total. The normalized spacial score (nSPS) is 11.4. The van der Waals surface area contributed by atoms with Gasteiger partial charge in [0.05, 0.1) is 18.5 Å². The van der Waals surface area contributed by atoms with Crippen molar-refractivity contribution < 1.29 is 0 Å². The molecule has 0 aliphatic heterocycles. The SMILES string of the molecule is Cl.N#CC[C@H](N)c1cc(Br)cs1. The van der Waals surface area contributed by atoms with E-state index in [0.29, 0.717) is 6.42 Å². The maximum atomic E-state index is 8.37. The van der Waals surface area contributed by atoms with Gasteiger partial charge in [0.15, 0.2) is 0 Å². The first-order chi connectivity index (χ1) is 5.24. The van der Waals surface area contributed by atoms with Gasteiger partial charge in [-0.1, -0.05) is 0 Å². The zero-order valence-corrected chi connectivity index (χ0v) is 9.38. The fraction of sp³-hybridized carbons (Fsp3) is 0.286. The Morgan fingerprint density at radius 3 is 2.83 bits per heavy atom. The summed E-state index contributed by atoms with van der Waals surface area (Å²) in [7, 11) is 0. The van der Waals surface area contributed by atoms with E-state index in [0.717, 1.165) is 9.35 Å². The van der Waals surface area contributed by atoms with Crippen molar-refractivity contribution >= 4 is 39.7 Å². The lowest BCUT2D eigenvalue weighted by atomic mass is 10.2. The topological polar surface area (TPSA) is 49.8 Å². The van der Waals surface area contributed by atoms with Crippen LogP contribution < -0.4 is 5.73 Å². The van der Waals surface area contributed by atoms with E-state index in [2.05, 4.69) is 15.9 Å². The van der Waals surface area contributed by atoms with Gasteiger partial charge in [0.1, 0.15) is 0 Å². The van der Waals surface area contributed by atoms with Crippen LogP contribution in [0.2, 0.25) is 0 Å². The fourth-order valence-corrected chi connectivity index (χ4v) is 2.17. The maximum absolute atomic E-state index is 8.37. The van der Waals surface area contributed by atoms with Crippen LogP contribution in [0.15, 0.2) is 15.9 Å². The molecule has 12 heavy (non-hydrogen) atoms. The highest BCUT2D eigenvalue weighted by Gasteiger charge is 2.06. The Balaban J connectivity index is 0.00000121. The number of nitrogens with two attached hydrogens (primary N) is 1. The number of hydrogen-bond acceptors (Lipinski definition) is 3. The van der Waals surface area contributed by atoms with Gasteiger partial charge < -0.3 is 5.73 Å². The van der Waals surface area contributed by atoms with E-state index in [1.54, 1.807) is 11.3 Å². The minimum absolute atomic E-state index is 0. The highest BCUT2D eigenvalue weighted by molar-refractivity contribution is 9.10. The molecule has 0 unspecified atom stereocenters. The highest BCUT2D eigenvalue weighted by Crippen LogP contribution is 2.25. The quantitative estimate of drug-likeness (QED) is 0.896. The number of hydrogen-bond donors (Lipinski definition) is 1. The summed E-state index contributed by atoms with van der Waals surface area (Å²) in [4.78, 5) is 1.05. The average Bonchev–Trinajstić information content (AvgIpc) is 2.36. The molecule has 1 heterocycles. The molecule has 0 aliphatic rings. The average molecular weight is 268 g/mol. The van der Waals surface area contributed by atoms with Crippen molar-refractivity contribution in [3.8, 4) is 6.07 Å². The van der Waals surface area contributed by atoms with Crippen molar-refractivity contribution in [1.82, 2.24) is 0 Å². The summed E-state index contributed by atoms with van der Waals surface area (Å²) in [6.07, 6.45) is 0.382. The minimum atomic E-state index is -0.128. The van der Waals surface area contributed by atoms with Gasteiger partial charge >= 0.3 is 0 Å². The fourth-order valence-electron chi connectivity index (χ4n) is 0.722. The van der Waals surface area contributed by atoms with Crippen molar-refractivity contribution in [3.63, 3.8) is 0 Å². The second-order valence-electron chi connectivity index (χ2n) is 2.14. The van der Waals surface area contributed by atoms with Crippen LogP contribution in [0.25, 0.3) is 0 Å². The molecule has 1 atom stereocenters. The van der Waals surface area contributed by atoms with E-state index in [9.17, 15) is 0 Å². The van der Waals surface area contributed by atoms with Crippen LogP contribution in [-0.2, 0) is 0 Å². The third kappa shape index (κ3) is 3.11. The summed E-state index contributed by atoms with van der Waals surface area (Å²) in [5.41, 5.74) is 5.69. The number of nitriles is 1. The molecule has 0 amide bonds. The summed E-state index contributed by atoms with van der Waals surface area (Å²) < 4.78 is 1.03. The predicted octanol–water partition coefficient (Wildman–Crippen LogP) is 2.85. The van der Waals surface area contributed by atoms with Crippen molar-refractivity contribution in [3.05, 3.63) is 20.8 Å². The second kappa shape index (κ2) is 5.55. The molecule has 0 spiro atoms. The molecular weight excluding hydrogens is 260 g/mol. The van der Waals surface area contributed by atoms with Gasteiger partial charge in [-0.05, 0) is 22.0 Å². The number of halogens is 2. The molecule has 0 bridgehead atoms. The second-order valence-corrected chi connectivity index (χ2v) is 3.99. The Bertz CT molecular complexity index is 281. The number of thiophene rings is 1. The Kier molecular flexibility index (Phi) is 5.51. The summed E-state index contributed by atoms with van der Waals surface area (Å²) >= 11 is 4.90. The molecule has 0 aliphatic carbocycles. The van der Waals surface area contributed by atoms with E-state index in [-0.39, 0.29) is 18.4 Å². The van der Waals surface area contributed by atoms with E-state index in [4.69, 9.17) is 11.0 Å². The first kappa shape index (κ1) is 11.9. The predicted molar refractivity (Wildman–Crippen MR) is 56.4 cm³/mol. The first-order valence-corrected chi connectivity index (χ1v) is 4.77. The highest BCUT2D eigenvalue weighted by atomic mass is 79.9. The van der Waals surface area contributed by atoms with Crippen molar-refractivity contribution in [2.45, 2.75) is 12.5 Å². The number of rotatable bonds is 2. The zero-order chi connectivity index (χ0) is 8.27. The Hall–Kier alpha value is -0.0800. The molecule has 66 valence electrons. The number of nitrogens with zero attached hydrogens (tertiary/aromatic N) is 1. The van der Waals surface area contributed by atoms with Crippen LogP contribution in [0.4, 0.5) is 0 Å². The first-order valence-electron chi connectivity index (χ1n) is 3.10. The van der Waals surface area contributed by atoms with Crippen molar-refractivity contribution in [2.24, 2.45) is 5.73 Å². The van der Waals surface area contributed by atoms with Crippen LogP contribution in [0.3, 0.4) is 0 Å². The Morgan fingerprint density at radius 2 is 2.42 bits per heavy atom. The van der Waals surface area contributed by atoms with E-state index in [1.807, 2.05) is 17.5 Å². The Morgan fingerprint density at radius 1 is 1.75 bits per heavy atom. The van der Waals surface area contributed by atoms with Gasteiger partial charge in [-0.2, -0.15) is 5.26 Å². The molecule has 0 fully saturated rings. The molecule has 1 rings (SSSR count). The van der Waals surface area contributed by atoms with Crippen molar-refractivity contribution in [2.75, 3.05) is 0 Å². The van der Waals surface area contributed by atoms with Gasteiger partial charge in [-0.25, -0.2) is 0 Å². The molecule has 0 saturated heterocycles. The maximum Gasteiger partial charge on any atom is 0.0642 e. The van der Waals surface area contributed by atoms with Gasteiger partial charge in [-0.3, -0.25) is 0 Å². The van der Waals surface area contributed by atoms with Crippen LogP contribution in [0.1, 0.15) is 17.3 Å². The third-order valence-corrected chi connectivity index (χ3v) is 3.09. The van der Waals surface area contributed by atoms with Crippen LogP contribution >= 0.6 is 39.7 Å². The van der Waals surface area contributed by atoms with Gasteiger partial charge in [0.25, 0.3) is 0 Å². The molecule has 0 radical (unpaired) electrons. The lowest BCUT2D eigenvalue weighted by Crippen LogP contribution is -2.06. The largest absolute Gasteiger partial charge is 0.322 e. The minimum Gasteiger partial charge on any atom is -0.322 e. The molecule has 1 aromatic rings. The smallest absolute Gasteiger partial charge is 0.0642 e. The summed E-state index contributed by atoms with van der Waals surface area (Å²) in [6.45, 7) is 0. The van der Waals surface area contributed by atoms with E-state index >= 15 is 0 Å². The molecule has 1 aromatic heterocycles. The van der Waals surface area contributed by atoms with Gasteiger partial charge in [-0.15, -0.1) is 23.7 Å². The lowest BCUT2D eigenvalue weighted by molar-refractivity contribution is 0.764. The monoisotopic (exact) mass is 266 g/mol. The van der Waals surface area contributed by atoms with Gasteiger partial charge in [0, 0.05) is 14.7 Å². The molecule has 2 nitrogen and oxygen atoms in total. The Labute approximate surface area is 89.9 Å². The van der Waals surface area contributed by atoms with Crippen LogP contribution in [0.5, 0.6) is 0 Å². The standard InChI is InChI=1S/C7H7BrN2S.ClH/c8-5-3-7(11-4-5)6(10)1-2-9;/h3-4,6H,1,10H2;1H/t6-;/m0./s1. The molecule has 0 saturated carbocycles.